The average Bonchev–Trinajstić information content (AvgIpc) is 2.97. The maximum atomic E-state index is 11.7. The van der Waals surface area contributed by atoms with Crippen LogP contribution in [0.3, 0.4) is 0 Å². The fraction of sp³-hybridized carbons (Fsp3) is 0.385. The third-order valence-electron chi connectivity index (χ3n) is 2.74. The van der Waals surface area contributed by atoms with E-state index in [1.165, 1.54) is 11.8 Å². The van der Waals surface area contributed by atoms with Gasteiger partial charge in [-0.2, -0.15) is 4.68 Å². The number of aromatic nitrogens is 4. The van der Waals surface area contributed by atoms with Crippen LogP contribution in [0.25, 0.3) is 5.69 Å². The zero-order valence-electron chi connectivity index (χ0n) is 11.9. The van der Waals surface area contributed by atoms with Gasteiger partial charge in [0.1, 0.15) is 6.04 Å². The summed E-state index contributed by atoms with van der Waals surface area (Å²) < 4.78 is 6.65. The summed E-state index contributed by atoms with van der Waals surface area (Å²) in [6, 6.07) is 9.21. The van der Waals surface area contributed by atoms with Gasteiger partial charge in [0.05, 0.1) is 12.3 Å². The van der Waals surface area contributed by atoms with E-state index in [9.17, 15) is 4.79 Å². The number of thioether (sulfide) groups is 1. The van der Waals surface area contributed by atoms with E-state index in [4.69, 9.17) is 4.74 Å². The lowest BCUT2D eigenvalue weighted by Crippen LogP contribution is -2.37. The van der Waals surface area contributed by atoms with Gasteiger partial charge in [0.25, 0.3) is 0 Å². The predicted molar refractivity (Wildman–Crippen MR) is 79.4 cm³/mol. The molecule has 0 aliphatic carbocycles. The summed E-state index contributed by atoms with van der Waals surface area (Å²) in [5, 5.41) is 15.2. The van der Waals surface area contributed by atoms with Crippen molar-refractivity contribution in [2.75, 3.05) is 19.4 Å². The van der Waals surface area contributed by atoms with E-state index in [2.05, 4.69) is 20.8 Å². The summed E-state index contributed by atoms with van der Waals surface area (Å²) in [7, 11) is 1.72. The number of tetrazole rings is 1. The monoisotopic (exact) mass is 307 g/mol. The maximum Gasteiger partial charge on any atom is 0.323 e. The highest BCUT2D eigenvalue weighted by Gasteiger charge is 2.19. The Bertz CT molecular complexity index is 575. The van der Waals surface area contributed by atoms with E-state index in [1.54, 1.807) is 18.7 Å². The molecule has 0 aliphatic rings. The molecule has 1 atom stereocenters. The topological polar surface area (TPSA) is 81.9 Å². The van der Waals surface area contributed by atoms with Crippen LogP contribution in [0.1, 0.15) is 6.92 Å². The van der Waals surface area contributed by atoms with Crippen molar-refractivity contribution in [3.05, 3.63) is 30.3 Å². The Kier molecular flexibility index (Phi) is 5.70. The van der Waals surface area contributed by atoms with E-state index in [-0.39, 0.29) is 5.97 Å². The average molecular weight is 307 g/mol. The van der Waals surface area contributed by atoms with Crippen molar-refractivity contribution in [3.8, 4) is 5.69 Å². The minimum Gasteiger partial charge on any atom is -0.465 e. The normalized spacial score (nSPS) is 12.1. The van der Waals surface area contributed by atoms with E-state index >= 15 is 0 Å². The lowest BCUT2D eigenvalue weighted by atomic mass is 10.3. The van der Waals surface area contributed by atoms with Gasteiger partial charge in [0.2, 0.25) is 5.16 Å². The van der Waals surface area contributed by atoms with Gasteiger partial charge in [-0.15, -0.1) is 5.10 Å². The van der Waals surface area contributed by atoms with Crippen LogP contribution in [0.2, 0.25) is 0 Å². The molecule has 21 heavy (non-hydrogen) atoms. The summed E-state index contributed by atoms with van der Waals surface area (Å²) in [4.78, 5) is 11.7. The standard InChI is InChI=1S/C13H17N5O2S/c1-3-20-12(19)11(14-2)9-21-13-15-16-17-18(13)10-7-5-4-6-8-10/h4-8,11,14H,3,9H2,1-2H3. The van der Waals surface area contributed by atoms with Crippen LogP contribution in [0.4, 0.5) is 0 Å². The SMILES string of the molecule is CCOC(=O)C(CSc1nnnn1-c1ccccc1)NC. The number of benzene rings is 1. The molecule has 0 saturated heterocycles. The molecule has 0 amide bonds. The number of rotatable bonds is 7. The largest absolute Gasteiger partial charge is 0.465 e. The minimum absolute atomic E-state index is 0.272. The first-order valence-electron chi connectivity index (χ1n) is 6.56. The Balaban J connectivity index is 2.04. The first kappa shape index (κ1) is 15.5. The second-order valence-corrected chi connectivity index (χ2v) is 5.10. The second-order valence-electron chi connectivity index (χ2n) is 4.11. The molecule has 1 aromatic carbocycles. The number of nitrogens with one attached hydrogen (secondary N) is 1. The first-order valence-corrected chi connectivity index (χ1v) is 7.55. The Morgan fingerprint density at radius 2 is 2.19 bits per heavy atom. The van der Waals surface area contributed by atoms with E-state index in [1.807, 2.05) is 30.3 Å². The van der Waals surface area contributed by atoms with Crippen molar-refractivity contribution in [1.29, 1.82) is 0 Å². The molecule has 0 radical (unpaired) electrons. The predicted octanol–water partition coefficient (Wildman–Crippen LogP) is 0.905. The molecular formula is C13H17N5O2S. The van der Waals surface area contributed by atoms with Gasteiger partial charge in [-0.3, -0.25) is 4.79 Å². The third-order valence-corrected chi connectivity index (χ3v) is 3.75. The molecule has 1 N–H and O–H groups in total. The molecule has 0 bridgehead atoms. The number of ether oxygens (including phenoxy) is 1. The van der Waals surface area contributed by atoms with Crippen LogP contribution in [0.5, 0.6) is 0 Å². The molecule has 112 valence electrons. The van der Waals surface area contributed by atoms with Crippen molar-refractivity contribution in [2.24, 2.45) is 0 Å². The number of esters is 1. The van der Waals surface area contributed by atoms with Crippen LogP contribution < -0.4 is 5.32 Å². The number of para-hydroxylation sites is 1. The number of hydrogen-bond donors (Lipinski definition) is 1. The molecule has 1 heterocycles. The summed E-state index contributed by atoms with van der Waals surface area (Å²) in [6.45, 7) is 2.15. The van der Waals surface area contributed by atoms with Crippen molar-refractivity contribution >= 4 is 17.7 Å². The number of carbonyl (C=O) groups excluding carboxylic acids is 1. The molecule has 0 spiro atoms. The molecular weight excluding hydrogens is 290 g/mol. The molecule has 1 unspecified atom stereocenters. The lowest BCUT2D eigenvalue weighted by molar-refractivity contribution is -0.144. The number of nitrogens with zero attached hydrogens (tertiary/aromatic N) is 4. The van der Waals surface area contributed by atoms with Crippen LogP contribution in [-0.4, -0.2) is 51.6 Å². The van der Waals surface area contributed by atoms with Gasteiger partial charge < -0.3 is 10.1 Å². The van der Waals surface area contributed by atoms with Gasteiger partial charge in [0, 0.05) is 5.75 Å². The molecule has 1 aromatic heterocycles. The number of likely N-dealkylation sites (N-methyl/N-ethyl adjacent to an activating group) is 1. The highest BCUT2D eigenvalue weighted by Crippen LogP contribution is 2.18. The summed E-state index contributed by atoms with van der Waals surface area (Å²) >= 11 is 1.40. The summed E-state index contributed by atoms with van der Waals surface area (Å²) in [5.74, 6) is 0.217. The minimum atomic E-state index is -0.393. The van der Waals surface area contributed by atoms with Crippen molar-refractivity contribution in [2.45, 2.75) is 18.1 Å². The highest BCUT2D eigenvalue weighted by molar-refractivity contribution is 7.99. The molecule has 7 nitrogen and oxygen atoms in total. The van der Waals surface area contributed by atoms with Gasteiger partial charge >= 0.3 is 5.97 Å². The molecule has 0 fully saturated rings. The quantitative estimate of drug-likeness (QED) is 0.601. The molecule has 2 rings (SSSR count). The Morgan fingerprint density at radius 1 is 1.43 bits per heavy atom. The van der Waals surface area contributed by atoms with Crippen LogP contribution in [0.15, 0.2) is 35.5 Å². The second kappa shape index (κ2) is 7.75. The maximum absolute atomic E-state index is 11.7. The van der Waals surface area contributed by atoms with Crippen LogP contribution in [-0.2, 0) is 9.53 Å². The number of carbonyl (C=O) groups is 1. The van der Waals surface area contributed by atoms with Gasteiger partial charge in [-0.25, -0.2) is 0 Å². The Labute approximate surface area is 127 Å². The van der Waals surface area contributed by atoms with Crippen LogP contribution >= 0.6 is 11.8 Å². The number of hydrogen-bond acceptors (Lipinski definition) is 7. The molecule has 0 aliphatic heterocycles. The van der Waals surface area contributed by atoms with Crippen LogP contribution in [0, 0.1) is 0 Å². The molecule has 0 saturated carbocycles. The molecule has 2 aromatic rings. The van der Waals surface area contributed by atoms with Gasteiger partial charge in [-0.05, 0) is 36.5 Å². The lowest BCUT2D eigenvalue weighted by Gasteiger charge is -2.13. The zero-order chi connectivity index (χ0) is 15.1. The zero-order valence-corrected chi connectivity index (χ0v) is 12.7. The van der Waals surface area contributed by atoms with E-state index in [0.717, 1.165) is 5.69 Å². The van der Waals surface area contributed by atoms with E-state index < -0.39 is 6.04 Å². The Morgan fingerprint density at radius 3 is 2.86 bits per heavy atom. The fourth-order valence-corrected chi connectivity index (χ4v) is 2.65. The van der Waals surface area contributed by atoms with Crippen molar-refractivity contribution in [3.63, 3.8) is 0 Å². The summed E-state index contributed by atoms with van der Waals surface area (Å²) in [5.41, 5.74) is 0.877. The third kappa shape index (κ3) is 4.02. The highest BCUT2D eigenvalue weighted by atomic mass is 32.2. The van der Waals surface area contributed by atoms with Gasteiger partial charge in [-0.1, -0.05) is 30.0 Å². The van der Waals surface area contributed by atoms with Crippen molar-refractivity contribution in [1.82, 2.24) is 25.5 Å². The smallest absolute Gasteiger partial charge is 0.323 e. The van der Waals surface area contributed by atoms with Gasteiger partial charge in [0.15, 0.2) is 0 Å². The van der Waals surface area contributed by atoms with Crippen molar-refractivity contribution < 1.29 is 9.53 Å². The first-order chi connectivity index (χ1) is 10.3. The summed E-state index contributed by atoms with van der Waals surface area (Å²) in [6.07, 6.45) is 0. The van der Waals surface area contributed by atoms with E-state index in [0.29, 0.717) is 17.5 Å². The fourth-order valence-electron chi connectivity index (χ4n) is 1.67. The Hall–Kier alpha value is -1.93. The molecule has 8 heteroatoms.